The third kappa shape index (κ3) is 2.76. The molecule has 0 amide bonds. The van der Waals surface area contributed by atoms with Crippen LogP contribution in [0.1, 0.15) is 0 Å². The fourth-order valence-corrected chi connectivity index (χ4v) is 5.33. The highest BCUT2D eigenvalue weighted by atomic mass is 19.1. The second-order valence-corrected chi connectivity index (χ2v) is 8.67. The van der Waals surface area contributed by atoms with Gasteiger partial charge in [-0.2, -0.15) is 0 Å². The molecule has 4 heteroatoms. The number of hydrogen-bond acceptors (Lipinski definition) is 0. The molecule has 0 N–H and O–H groups in total. The van der Waals surface area contributed by atoms with E-state index in [1.54, 1.807) is 6.07 Å². The molecule has 0 bridgehead atoms. The number of para-hydroxylation sites is 4. The molecule has 7 rings (SSSR count). The van der Waals surface area contributed by atoms with Crippen LogP contribution in [0, 0.1) is 12.4 Å². The van der Waals surface area contributed by atoms with Gasteiger partial charge in [-0.1, -0.05) is 60.7 Å². The molecule has 0 saturated heterocycles. The van der Waals surface area contributed by atoms with E-state index >= 15 is 0 Å². The average molecular weight is 452 g/mol. The highest BCUT2D eigenvalue weighted by Crippen LogP contribution is 2.38. The SMILES string of the molecule is [C-]#[N+]c1ccccc1-n1c2ccccc2c2ccc(-n3c4ccccc4c4ccc(F)cc43)cc21. The van der Waals surface area contributed by atoms with E-state index in [-0.39, 0.29) is 5.82 Å². The zero-order chi connectivity index (χ0) is 23.5. The molecule has 0 saturated carbocycles. The second-order valence-electron chi connectivity index (χ2n) is 8.67. The van der Waals surface area contributed by atoms with Crippen LogP contribution in [0.2, 0.25) is 0 Å². The molecule has 2 aromatic heterocycles. The molecule has 0 aliphatic carbocycles. The molecular weight excluding hydrogens is 433 g/mol. The minimum absolute atomic E-state index is 0.261. The lowest BCUT2D eigenvalue weighted by Gasteiger charge is -2.12. The highest BCUT2D eigenvalue weighted by Gasteiger charge is 2.17. The summed E-state index contributed by atoms with van der Waals surface area (Å²) in [6, 6.07) is 35.5. The van der Waals surface area contributed by atoms with Crippen molar-refractivity contribution in [3.05, 3.63) is 126 Å². The van der Waals surface area contributed by atoms with Crippen molar-refractivity contribution in [1.29, 1.82) is 0 Å². The summed E-state index contributed by atoms with van der Waals surface area (Å²) in [4.78, 5) is 3.79. The van der Waals surface area contributed by atoms with E-state index in [1.165, 1.54) is 6.07 Å². The Labute approximate surface area is 200 Å². The van der Waals surface area contributed by atoms with Gasteiger partial charge in [0.1, 0.15) is 5.82 Å². The zero-order valence-electron chi connectivity index (χ0n) is 18.6. The molecule has 0 radical (unpaired) electrons. The first-order valence-corrected chi connectivity index (χ1v) is 11.4. The van der Waals surface area contributed by atoms with Crippen LogP contribution in [-0.2, 0) is 0 Å². The van der Waals surface area contributed by atoms with E-state index in [0.717, 1.165) is 55.0 Å². The molecule has 35 heavy (non-hydrogen) atoms. The van der Waals surface area contributed by atoms with Gasteiger partial charge >= 0.3 is 0 Å². The summed E-state index contributed by atoms with van der Waals surface area (Å²) in [6.07, 6.45) is 0. The van der Waals surface area contributed by atoms with Crippen LogP contribution in [0.25, 0.3) is 59.8 Å². The Morgan fingerprint density at radius 1 is 0.543 bits per heavy atom. The van der Waals surface area contributed by atoms with Crippen LogP contribution >= 0.6 is 0 Å². The van der Waals surface area contributed by atoms with Crippen LogP contribution in [0.15, 0.2) is 109 Å². The molecule has 2 heterocycles. The summed E-state index contributed by atoms with van der Waals surface area (Å²) >= 11 is 0. The molecule has 0 spiro atoms. The number of aromatic nitrogens is 2. The fraction of sp³-hybridized carbons (Fsp3) is 0. The Kier molecular flexibility index (Phi) is 4.09. The van der Waals surface area contributed by atoms with E-state index < -0.39 is 0 Å². The maximum absolute atomic E-state index is 14.4. The first kappa shape index (κ1) is 19.6. The van der Waals surface area contributed by atoms with Gasteiger partial charge in [-0.25, -0.2) is 9.24 Å². The van der Waals surface area contributed by atoms with Gasteiger partial charge < -0.3 is 9.13 Å². The van der Waals surface area contributed by atoms with Crippen molar-refractivity contribution in [3.8, 4) is 11.4 Å². The Bertz CT molecular complexity index is 1980. The number of nitrogens with zero attached hydrogens (tertiary/aromatic N) is 3. The Morgan fingerprint density at radius 3 is 1.86 bits per heavy atom. The van der Waals surface area contributed by atoms with Gasteiger partial charge in [0.25, 0.3) is 0 Å². The topological polar surface area (TPSA) is 14.2 Å². The highest BCUT2D eigenvalue weighted by molar-refractivity contribution is 6.12. The van der Waals surface area contributed by atoms with Gasteiger partial charge in [-0.15, -0.1) is 0 Å². The van der Waals surface area contributed by atoms with Crippen molar-refractivity contribution in [2.75, 3.05) is 0 Å². The molecule has 0 aliphatic heterocycles. The second kappa shape index (κ2) is 7.31. The van der Waals surface area contributed by atoms with Crippen LogP contribution in [0.5, 0.6) is 0 Å². The van der Waals surface area contributed by atoms with Gasteiger partial charge in [-0.3, -0.25) is 0 Å². The smallest absolute Gasteiger partial charge is 0.210 e. The maximum Gasteiger partial charge on any atom is 0.210 e. The van der Waals surface area contributed by atoms with Gasteiger partial charge in [0, 0.05) is 27.2 Å². The first-order valence-electron chi connectivity index (χ1n) is 11.4. The van der Waals surface area contributed by atoms with E-state index in [1.807, 2.05) is 54.6 Å². The standard InChI is InChI=1S/C31H18FN3/c1-33-26-10-4-7-13-29(26)35-28-12-6-3-9-23(28)25-17-15-21(19-31(25)35)34-27-11-5-2-8-22(27)24-16-14-20(32)18-30(24)34/h2-19H. The lowest BCUT2D eigenvalue weighted by molar-refractivity contribution is 0.629. The molecule has 7 aromatic rings. The van der Waals surface area contributed by atoms with E-state index in [4.69, 9.17) is 6.57 Å². The minimum Gasteiger partial charge on any atom is -0.319 e. The van der Waals surface area contributed by atoms with Crippen molar-refractivity contribution >= 4 is 49.3 Å². The largest absolute Gasteiger partial charge is 0.319 e. The molecule has 0 aliphatic rings. The fourth-order valence-electron chi connectivity index (χ4n) is 5.33. The molecular formula is C31H18FN3. The summed E-state index contributed by atoms with van der Waals surface area (Å²) in [5, 5.41) is 4.33. The third-order valence-electron chi connectivity index (χ3n) is 6.79. The van der Waals surface area contributed by atoms with Crippen molar-refractivity contribution in [1.82, 2.24) is 9.13 Å². The lowest BCUT2D eigenvalue weighted by Crippen LogP contribution is -1.97. The van der Waals surface area contributed by atoms with Gasteiger partial charge in [0.05, 0.1) is 34.3 Å². The summed E-state index contributed by atoms with van der Waals surface area (Å²) < 4.78 is 18.7. The zero-order valence-corrected chi connectivity index (χ0v) is 18.6. The van der Waals surface area contributed by atoms with E-state index in [9.17, 15) is 4.39 Å². The number of benzene rings is 5. The van der Waals surface area contributed by atoms with Gasteiger partial charge in [0.15, 0.2) is 0 Å². The first-order chi connectivity index (χ1) is 17.2. The molecule has 5 aromatic carbocycles. The van der Waals surface area contributed by atoms with Gasteiger partial charge in [-0.05, 0) is 48.5 Å². The summed E-state index contributed by atoms with van der Waals surface area (Å²) in [6.45, 7) is 7.73. The van der Waals surface area contributed by atoms with Crippen molar-refractivity contribution in [3.63, 3.8) is 0 Å². The van der Waals surface area contributed by atoms with Crippen LogP contribution < -0.4 is 0 Å². The van der Waals surface area contributed by atoms with E-state index in [2.05, 4.69) is 56.4 Å². The monoisotopic (exact) mass is 451 g/mol. The Balaban J connectivity index is 1.63. The van der Waals surface area contributed by atoms with E-state index in [0.29, 0.717) is 5.69 Å². The summed E-state index contributed by atoms with van der Waals surface area (Å²) in [7, 11) is 0. The van der Waals surface area contributed by atoms with Crippen LogP contribution in [0.4, 0.5) is 10.1 Å². The maximum atomic E-state index is 14.4. The van der Waals surface area contributed by atoms with Crippen molar-refractivity contribution in [2.45, 2.75) is 0 Å². The molecule has 164 valence electrons. The van der Waals surface area contributed by atoms with Crippen molar-refractivity contribution in [2.24, 2.45) is 0 Å². The normalized spacial score (nSPS) is 11.5. The summed E-state index contributed by atoms with van der Waals surface area (Å²) in [5.41, 5.74) is 6.29. The molecule has 3 nitrogen and oxygen atoms in total. The number of halogens is 1. The predicted molar refractivity (Wildman–Crippen MR) is 141 cm³/mol. The van der Waals surface area contributed by atoms with Crippen molar-refractivity contribution < 1.29 is 4.39 Å². The quantitative estimate of drug-likeness (QED) is 0.234. The van der Waals surface area contributed by atoms with Gasteiger partial charge in [0.2, 0.25) is 5.69 Å². The molecule has 0 unspecified atom stereocenters. The van der Waals surface area contributed by atoms with Crippen LogP contribution in [0.3, 0.4) is 0 Å². The number of hydrogen-bond donors (Lipinski definition) is 0. The average Bonchev–Trinajstić information content (AvgIpc) is 3.40. The predicted octanol–water partition coefficient (Wildman–Crippen LogP) is 8.57. The molecule has 0 fully saturated rings. The number of rotatable bonds is 2. The molecule has 0 atom stereocenters. The Hall–Kier alpha value is -4.88. The Morgan fingerprint density at radius 2 is 1.11 bits per heavy atom. The lowest BCUT2D eigenvalue weighted by atomic mass is 10.1. The van der Waals surface area contributed by atoms with Crippen LogP contribution in [-0.4, -0.2) is 9.13 Å². The number of fused-ring (bicyclic) bond motifs is 6. The third-order valence-corrected chi connectivity index (χ3v) is 6.79. The summed E-state index contributed by atoms with van der Waals surface area (Å²) in [5.74, 6) is -0.261. The minimum atomic E-state index is -0.261.